The zero-order valence-corrected chi connectivity index (χ0v) is 22.7. The van der Waals surface area contributed by atoms with E-state index in [0.717, 1.165) is 19.3 Å². The van der Waals surface area contributed by atoms with Crippen LogP contribution in [0.15, 0.2) is 54.6 Å². The van der Waals surface area contributed by atoms with E-state index < -0.39 is 14.4 Å². The van der Waals surface area contributed by atoms with Gasteiger partial charge in [0.15, 0.2) is 8.32 Å². The summed E-state index contributed by atoms with van der Waals surface area (Å²) in [6.07, 6.45) is 14.3. The molecule has 1 aromatic carbocycles. The van der Waals surface area contributed by atoms with Crippen molar-refractivity contribution in [2.24, 2.45) is 11.8 Å². The third kappa shape index (κ3) is 8.66. The predicted molar refractivity (Wildman–Crippen MR) is 142 cm³/mol. The van der Waals surface area contributed by atoms with Crippen LogP contribution in [0.5, 0.6) is 0 Å². The third-order valence-electron chi connectivity index (χ3n) is 7.38. The zero-order valence-electron chi connectivity index (χ0n) is 21.7. The summed E-state index contributed by atoms with van der Waals surface area (Å²) in [6, 6.07) is 10.3. The van der Waals surface area contributed by atoms with Crippen LogP contribution in [0.4, 0.5) is 0 Å². The van der Waals surface area contributed by atoms with Crippen molar-refractivity contribution in [1.82, 2.24) is 0 Å². The van der Waals surface area contributed by atoms with Crippen molar-refractivity contribution < 1.29 is 14.3 Å². The smallest absolute Gasteiger partial charge is 0.192 e. The van der Waals surface area contributed by atoms with Crippen molar-refractivity contribution >= 4 is 14.1 Å². The first-order chi connectivity index (χ1) is 15.5. The lowest BCUT2D eigenvalue weighted by molar-refractivity contribution is -0.121. The molecule has 0 aromatic heterocycles. The minimum absolute atomic E-state index is 0.0506. The number of carbonyl (C=O) groups is 1. The van der Waals surface area contributed by atoms with Gasteiger partial charge in [-0.3, -0.25) is 4.79 Å². The van der Waals surface area contributed by atoms with Gasteiger partial charge in [-0.2, -0.15) is 0 Å². The monoisotopic (exact) mass is 470 g/mol. The van der Waals surface area contributed by atoms with Crippen LogP contribution < -0.4 is 0 Å². The molecule has 2 rings (SSSR count). The van der Waals surface area contributed by atoms with E-state index in [0.29, 0.717) is 6.42 Å². The molecule has 1 aliphatic rings. The summed E-state index contributed by atoms with van der Waals surface area (Å²) in [5.41, 5.74) is 1.26. The highest BCUT2D eigenvalue weighted by Crippen LogP contribution is 2.38. The molecular formula is C29H46O3Si. The molecule has 0 bridgehead atoms. The Bertz CT molecular complexity index is 776. The fourth-order valence-corrected chi connectivity index (χ4v) is 5.51. The highest BCUT2D eigenvalue weighted by molar-refractivity contribution is 6.74. The van der Waals surface area contributed by atoms with E-state index in [1.54, 1.807) is 0 Å². The molecule has 1 N–H and O–H groups in total. The Morgan fingerprint density at radius 2 is 1.85 bits per heavy atom. The van der Waals surface area contributed by atoms with E-state index >= 15 is 0 Å². The largest absolute Gasteiger partial charge is 0.411 e. The summed E-state index contributed by atoms with van der Waals surface area (Å²) < 4.78 is 6.73. The number of hydrogen-bond donors (Lipinski definition) is 1. The van der Waals surface area contributed by atoms with Crippen LogP contribution in [0.25, 0.3) is 0 Å². The van der Waals surface area contributed by atoms with Gasteiger partial charge in [0.25, 0.3) is 0 Å². The second kappa shape index (κ2) is 12.8. The fourth-order valence-electron chi connectivity index (χ4n) is 4.20. The molecule has 4 atom stereocenters. The molecule has 0 unspecified atom stereocenters. The van der Waals surface area contributed by atoms with E-state index in [4.69, 9.17) is 4.43 Å². The summed E-state index contributed by atoms with van der Waals surface area (Å²) in [5.74, 6) is -0.0997. The number of rotatable bonds is 12. The average molecular weight is 471 g/mol. The van der Waals surface area contributed by atoms with Crippen LogP contribution in [0.3, 0.4) is 0 Å². The van der Waals surface area contributed by atoms with Gasteiger partial charge >= 0.3 is 0 Å². The number of hydrogen-bond acceptors (Lipinski definition) is 3. The summed E-state index contributed by atoms with van der Waals surface area (Å²) in [5, 5.41) is 10.8. The summed E-state index contributed by atoms with van der Waals surface area (Å²) >= 11 is 0. The number of ketones is 1. The molecule has 184 valence electrons. The molecule has 0 spiro atoms. The van der Waals surface area contributed by atoms with Crippen LogP contribution >= 0.6 is 0 Å². The van der Waals surface area contributed by atoms with E-state index in [-0.39, 0.29) is 35.2 Å². The molecule has 0 aliphatic heterocycles. The summed E-state index contributed by atoms with van der Waals surface area (Å²) in [4.78, 5) is 12.6. The second-order valence-electron chi connectivity index (χ2n) is 11.1. The molecule has 1 aliphatic carbocycles. The van der Waals surface area contributed by atoms with Gasteiger partial charge in [0.05, 0.1) is 12.2 Å². The van der Waals surface area contributed by atoms with Gasteiger partial charge in [0, 0.05) is 18.3 Å². The standard InChI is InChI=1S/C29H46O3Si/c1-7-8-10-18-24(32-33(5,6)29(2,3)4)20-21-26-25(27(30)22-28(26)31)19-14-13-17-23-15-11-9-12-16-23/h9,11-16,20-21,24-26,28,31H,7-8,10,17-19,22H2,1-6H3/b14-13-,21-20+/t24-,25+,26+,28+/m0/s1. The Hall–Kier alpha value is -1.49. The lowest BCUT2D eigenvalue weighted by atomic mass is 9.90. The molecule has 1 aromatic rings. The second-order valence-corrected chi connectivity index (χ2v) is 15.9. The molecule has 33 heavy (non-hydrogen) atoms. The minimum Gasteiger partial charge on any atom is -0.411 e. The van der Waals surface area contributed by atoms with Crippen molar-refractivity contribution in [3.05, 3.63) is 60.2 Å². The molecule has 0 saturated heterocycles. The zero-order chi connectivity index (χ0) is 24.5. The Labute approximate surface area is 203 Å². The number of carbonyl (C=O) groups excluding carboxylic acids is 1. The van der Waals surface area contributed by atoms with E-state index in [1.165, 1.54) is 18.4 Å². The van der Waals surface area contributed by atoms with Crippen LogP contribution in [0.2, 0.25) is 18.1 Å². The predicted octanol–water partition coefficient (Wildman–Crippen LogP) is 7.27. The Kier molecular flexibility index (Phi) is 10.8. The Balaban J connectivity index is 2.07. The van der Waals surface area contributed by atoms with Gasteiger partial charge in [-0.15, -0.1) is 0 Å². The lowest BCUT2D eigenvalue weighted by Crippen LogP contribution is -2.43. The van der Waals surface area contributed by atoms with Crippen LogP contribution in [-0.2, 0) is 15.6 Å². The molecular weight excluding hydrogens is 424 g/mol. The quantitative estimate of drug-likeness (QED) is 0.198. The number of aliphatic hydroxyl groups excluding tert-OH is 1. The van der Waals surface area contributed by atoms with Gasteiger partial charge < -0.3 is 9.53 Å². The maximum atomic E-state index is 12.6. The van der Waals surface area contributed by atoms with E-state index in [9.17, 15) is 9.90 Å². The third-order valence-corrected chi connectivity index (χ3v) is 11.9. The van der Waals surface area contributed by atoms with Crippen molar-refractivity contribution in [3.8, 4) is 0 Å². The maximum absolute atomic E-state index is 12.6. The van der Waals surface area contributed by atoms with Crippen molar-refractivity contribution in [1.29, 1.82) is 0 Å². The molecule has 4 heteroatoms. The number of unbranched alkanes of at least 4 members (excludes halogenated alkanes) is 2. The van der Waals surface area contributed by atoms with Gasteiger partial charge in [-0.25, -0.2) is 0 Å². The van der Waals surface area contributed by atoms with Crippen molar-refractivity contribution in [3.63, 3.8) is 0 Å². The number of aliphatic hydroxyl groups is 1. The minimum atomic E-state index is -1.90. The van der Waals surface area contributed by atoms with E-state index in [1.807, 2.05) is 18.2 Å². The SMILES string of the molecule is CCCCC[C@@H](/C=C/[C@H]1[C@H](O)CC(=O)[C@@H]1C/C=C\Cc1ccccc1)O[Si](C)(C)C(C)(C)C. The van der Waals surface area contributed by atoms with Crippen LogP contribution in [0, 0.1) is 11.8 Å². The van der Waals surface area contributed by atoms with E-state index in [2.05, 4.69) is 77.2 Å². The number of benzene rings is 1. The molecule has 1 saturated carbocycles. The normalized spacial score (nSPS) is 23.1. The highest BCUT2D eigenvalue weighted by atomic mass is 28.4. The average Bonchev–Trinajstić information content (AvgIpc) is 3.01. The molecule has 0 radical (unpaired) electrons. The van der Waals surface area contributed by atoms with Gasteiger partial charge in [0.2, 0.25) is 0 Å². The Morgan fingerprint density at radius 3 is 2.48 bits per heavy atom. The first-order valence-corrected chi connectivity index (χ1v) is 15.7. The summed E-state index contributed by atoms with van der Waals surface area (Å²) in [7, 11) is -1.90. The van der Waals surface area contributed by atoms with Crippen molar-refractivity contribution in [2.75, 3.05) is 0 Å². The van der Waals surface area contributed by atoms with Crippen molar-refractivity contribution in [2.45, 2.75) is 103 Å². The maximum Gasteiger partial charge on any atom is 0.192 e. The molecule has 3 nitrogen and oxygen atoms in total. The van der Waals surface area contributed by atoms with Gasteiger partial charge in [0.1, 0.15) is 5.78 Å². The Morgan fingerprint density at radius 1 is 1.15 bits per heavy atom. The number of Topliss-reactive ketones (excluding diaryl/α,β-unsaturated/α-hetero) is 1. The molecule has 0 heterocycles. The van der Waals surface area contributed by atoms with Gasteiger partial charge in [-0.05, 0) is 43.0 Å². The lowest BCUT2D eigenvalue weighted by Gasteiger charge is -2.38. The summed E-state index contributed by atoms with van der Waals surface area (Å²) in [6.45, 7) is 13.6. The first-order valence-electron chi connectivity index (χ1n) is 12.8. The molecule has 0 amide bonds. The fraction of sp³-hybridized carbons (Fsp3) is 0.621. The first kappa shape index (κ1) is 27.7. The highest BCUT2D eigenvalue weighted by Gasteiger charge is 2.40. The van der Waals surface area contributed by atoms with Gasteiger partial charge in [-0.1, -0.05) is 102 Å². The van der Waals surface area contributed by atoms with Crippen LogP contribution in [-0.4, -0.2) is 31.4 Å². The van der Waals surface area contributed by atoms with Crippen LogP contribution in [0.1, 0.15) is 71.8 Å². The number of allylic oxidation sites excluding steroid dienone is 2. The molecule has 1 fully saturated rings. The topological polar surface area (TPSA) is 46.5 Å².